The van der Waals surface area contributed by atoms with Crippen LogP contribution in [0.1, 0.15) is 17.5 Å². The SMILES string of the molecule is Cc1c(NC(=O)COC(=O)[C@H]2CC(=O)N(Cc3ccccc3)C2)ccc(Br)c1Cl. The molecule has 1 aliphatic rings. The molecule has 0 bridgehead atoms. The number of likely N-dealkylation sites (tertiary alicyclic amines) is 1. The number of hydrogen-bond acceptors (Lipinski definition) is 4. The highest BCUT2D eigenvalue weighted by Gasteiger charge is 2.35. The van der Waals surface area contributed by atoms with Crippen LogP contribution < -0.4 is 5.32 Å². The molecule has 1 fully saturated rings. The third-order valence-electron chi connectivity index (χ3n) is 4.72. The topological polar surface area (TPSA) is 75.7 Å². The molecule has 1 N–H and O–H groups in total. The number of esters is 1. The van der Waals surface area contributed by atoms with Crippen molar-refractivity contribution in [2.75, 3.05) is 18.5 Å². The third-order valence-corrected chi connectivity index (χ3v) is 6.10. The minimum Gasteiger partial charge on any atom is -0.455 e. The van der Waals surface area contributed by atoms with Crippen LogP contribution in [0.5, 0.6) is 0 Å². The molecule has 0 aliphatic carbocycles. The molecule has 1 atom stereocenters. The molecule has 29 heavy (non-hydrogen) atoms. The molecule has 0 spiro atoms. The molecule has 0 aromatic heterocycles. The van der Waals surface area contributed by atoms with Gasteiger partial charge in [0.2, 0.25) is 5.91 Å². The molecule has 1 aliphatic heterocycles. The Bertz CT molecular complexity index is 936. The molecule has 3 rings (SSSR count). The summed E-state index contributed by atoms with van der Waals surface area (Å²) in [6, 6.07) is 13.0. The van der Waals surface area contributed by atoms with Gasteiger partial charge in [-0.05, 0) is 46.1 Å². The van der Waals surface area contributed by atoms with Gasteiger partial charge in [-0.1, -0.05) is 41.9 Å². The molecular formula is C21H20BrClN2O4. The summed E-state index contributed by atoms with van der Waals surface area (Å²) in [5.74, 6) is -1.68. The Morgan fingerprint density at radius 3 is 2.69 bits per heavy atom. The van der Waals surface area contributed by atoms with Gasteiger partial charge in [-0.2, -0.15) is 0 Å². The number of nitrogens with one attached hydrogen (secondary N) is 1. The van der Waals surface area contributed by atoms with E-state index in [1.54, 1.807) is 24.0 Å². The zero-order valence-corrected chi connectivity index (χ0v) is 18.1. The van der Waals surface area contributed by atoms with Crippen LogP contribution in [0, 0.1) is 12.8 Å². The summed E-state index contributed by atoms with van der Waals surface area (Å²) in [7, 11) is 0. The van der Waals surface area contributed by atoms with Gasteiger partial charge in [0.15, 0.2) is 6.61 Å². The third kappa shape index (κ3) is 5.36. The monoisotopic (exact) mass is 478 g/mol. The first-order chi connectivity index (χ1) is 13.8. The largest absolute Gasteiger partial charge is 0.455 e. The van der Waals surface area contributed by atoms with E-state index >= 15 is 0 Å². The molecule has 1 heterocycles. The summed E-state index contributed by atoms with van der Waals surface area (Å²) in [4.78, 5) is 38.3. The predicted molar refractivity (Wildman–Crippen MR) is 113 cm³/mol. The van der Waals surface area contributed by atoms with Crippen LogP contribution in [-0.4, -0.2) is 35.8 Å². The maximum absolute atomic E-state index is 12.3. The summed E-state index contributed by atoms with van der Waals surface area (Å²) in [5.41, 5.74) is 2.25. The summed E-state index contributed by atoms with van der Waals surface area (Å²) >= 11 is 9.46. The van der Waals surface area contributed by atoms with Crippen LogP contribution in [0.2, 0.25) is 5.02 Å². The first kappa shape index (κ1) is 21.3. The van der Waals surface area contributed by atoms with Gasteiger partial charge in [0.25, 0.3) is 5.91 Å². The zero-order chi connectivity index (χ0) is 21.0. The minimum atomic E-state index is -0.567. The van der Waals surface area contributed by atoms with Crippen LogP contribution in [-0.2, 0) is 25.7 Å². The van der Waals surface area contributed by atoms with E-state index in [2.05, 4.69) is 21.2 Å². The first-order valence-corrected chi connectivity index (χ1v) is 10.2. The van der Waals surface area contributed by atoms with Gasteiger partial charge in [0.05, 0.1) is 10.9 Å². The second-order valence-corrected chi connectivity index (χ2v) is 8.08. The number of rotatable bonds is 6. The fraction of sp³-hybridized carbons (Fsp3) is 0.286. The number of hydrogen-bond donors (Lipinski definition) is 1. The Kier molecular flexibility index (Phi) is 6.92. The molecule has 2 aromatic carbocycles. The van der Waals surface area contributed by atoms with Crippen molar-refractivity contribution in [3.63, 3.8) is 0 Å². The highest BCUT2D eigenvalue weighted by atomic mass is 79.9. The number of halogens is 2. The van der Waals surface area contributed by atoms with Gasteiger partial charge in [-0.15, -0.1) is 0 Å². The number of carbonyl (C=O) groups is 3. The molecule has 2 aromatic rings. The summed E-state index contributed by atoms with van der Waals surface area (Å²) < 4.78 is 5.86. The average molecular weight is 480 g/mol. The number of anilines is 1. The van der Waals surface area contributed by atoms with E-state index in [1.807, 2.05) is 30.3 Å². The molecule has 6 nitrogen and oxygen atoms in total. The van der Waals surface area contributed by atoms with Crippen LogP contribution in [0.25, 0.3) is 0 Å². The lowest BCUT2D eigenvalue weighted by Crippen LogP contribution is -2.28. The van der Waals surface area contributed by atoms with E-state index in [1.165, 1.54) is 0 Å². The lowest BCUT2D eigenvalue weighted by atomic mass is 10.1. The Labute approximate surface area is 182 Å². The Balaban J connectivity index is 1.50. The maximum Gasteiger partial charge on any atom is 0.311 e. The van der Waals surface area contributed by atoms with Gasteiger partial charge < -0.3 is 15.0 Å². The van der Waals surface area contributed by atoms with E-state index in [9.17, 15) is 14.4 Å². The van der Waals surface area contributed by atoms with Crippen molar-refractivity contribution in [1.29, 1.82) is 0 Å². The molecule has 8 heteroatoms. The standard InChI is InChI=1S/C21H20BrClN2O4/c1-13-17(8-7-16(22)20(13)23)24-18(26)12-29-21(28)15-9-19(27)25(11-15)10-14-5-3-2-4-6-14/h2-8,15H,9-12H2,1H3,(H,24,26)/t15-/m0/s1. The van der Waals surface area contributed by atoms with Crippen molar-refractivity contribution in [3.8, 4) is 0 Å². The van der Waals surface area contributed by atoms with Gasteiger partial charge in [0, 0.05) is 29.7 Å². The lowest BCUT2D eigenvalue weighted by molar-refractivity contribution is -0.151. The molecule has 0 radical (unpaired) electrons. The number of nitrogens with zero attached hydrogens (tertiary/aromatic N) is 1. The fourth-order valence-electron chi connectivity index (χ4n) is 3.11. The highest BCUT2D eigenvalue weighted by Crippen LogP contribution is 2.31. The summed E-state index contributed by atoms with van der Waals surface area (Å²) in [6.07, 6.45) is 0.0920. The van der Waals surface area contributed by atoms with Crippen LogP contribution in [0.4, 0.5) is 5.69 Å². The molecule has 0 saturated carbocycles. The smallest absolute Gasteiger partial charge is 0.311 e. The van der Waals surface area contributed by atoms with E-state index in [4.69, 9.17) is 16.3 Å². The van der Waals surface area contributed by atoms with E-state index in [0.717, 1.165) is 10.0 Å². The first-order valence-electron chi connectivity index (χ1n) is 9.08. The van der Waals surface area contributed by atoms with Crippen molar-refractivity contribution in [3.05, 3.63) is 63.1 Å². The quantitative estimate of drug-likeness (QED) is 0.637. The van der Waals surface area contributed by atoms with E-state index in [-0.39, 0.29) is 18.9 Å². The van der Waals surface area contributed by atoms with Crippen molar-refractivity contribution in [1.82, 2.24) is 4.90 Å². The molecule has 2 amide bonds. The molecular weight excluding hydrogens is 460 g/mol. The molecule has 1 saturated heterocycles. The number of carbonyl (C=O) groups excluding carboxylic acids is 3. The zero-order valence-electron chi connectivity index (χ0n) is 15.8. The molecule has 0 unspecified atom stereocenters. The van der Waals surface area contributed by atoms with Crippen molar-refractivity contribution in [2.45, 2.75) is 19.9 Å². The average Bonchev–Trinajstić information content (AvgIpc) is 3.08. The minimum absolute atomic E-state index is 0.0920. The Hall–Kier alpha value is -2.38. The van der Waals surface area contributed by atoms with Gasteiger partial charge in [0.1, 0.15) is 0 Å². The van der Waals surface area contributed by atoms with E-state index < -0.39 is 24.4 Å². The fourth-order valence-corrected chi connectivity index (χ4v) is 3.71. The predicted octanol–water partition coefficient (Wildman–Crippen LogP) is 3.94. The summed E-state index contributed by atoms with van der Waals surface area (Å²) in [6.45, 7) is 2.10. The normalized spacial score (nSPS) is 16.0. The number of benzene rings is 2. The summed E-state index contributed by atoms with van der Waals surface area (Å²) in [5, 5.41) is 3.18. The van der Waals surface area contributed by atoms with Gasteiger partial charge in [-0.25, -0.2) is 0 Å². The second kappa shape index (κ2) is 9.41. The second-order valence-electron chi connectivity index (χ2n) is 6.85. The van der Waals surface area contributed by atoms with Crippen molar-refractivity contribution >= 4 is 51.0 Å². The highest BCUT2D eigenvalue weighted by molar-refractivity contribution is 9.10. The number of amides is 2. The Morgan fingerprint density at radius 2 is 1.97 bits per heavy atom. The van der Waals surface area contributed by atoms with Crippen molar-refractivity contribution < 1.29 is 19.1 Å². The van der Waals surface area contributed by atoms with Crippen molar-refractivity contribution in [2.24, 2.45) is 5.92 Å². The molecule has 152 valence electrons. The van der Waals surface area contributed by atoms with Crippen LogP contribution >= 0.6 is 27.5 Å². The van der Waals surface area contributed by atoms with Crippen LogP contribution in [0.15, 0.2) is 46.9 Å². The lowest BCUT2D eigenvalue weighted by Gasteiger charge is -2.16. The van der Waals surface area contributed by atoms with Gasteiger partial charge >= 0.3 is 5.97 Å². The van der Waals surface area contributed by atoms with Crippen LogP contribution in [0.3, 0.4) is 0 Å². The number of ether oxygens (including phenoxy) is 1. The maximum atomic E-state index is 12.3. The van der Waals surface area contributed by atoms with Gasteiger partial charge in [-0.3, -0.25) is 14.4 Å². The van der Waals surface area contributed by atoms with E-state index in [0.29, 0.717) is 22.8 Å². The Morgan fingerprint density at radius 1 is 1.24 bits per heavy atom.